The molecule has 0 aromatic heterocycles. The summed E-state index contributed by atoms with van der Waals surface area (Å²) in [5.41, 5.74) is 1.54. The van der Waals surface area contributed by atoms with Crippen LogP contribution in [0.25, 0.3) is 0 Å². The average molecular weight is 192 g/mol. The summed E-state index contributed by atoms with van der Waals surface area (Å²) in [6, 6.07) is 5.66. The van der Waals surface area contributed by atoms with Gasteiger partial charge in [-0.25, -0.2) is 4.39 Å². The predicted molar refractivity (Wildman–Crippen MR) is 55.0 cm³/mol. The maximum absolute atomic E-state index is 13.3. The Morgan fingerprint density at radius 1 is 1.29 bits per heavy atom. The highest BCUT2D eigenvalue weighted by Crippen LogP contribution is 2.38. The summed E-state index contributed by atoms with van der Waals surface area (Å²) in [5, 5.41) is 6.56. The fraction of sp³-hybridized carbons (Fsp3) is 0.455. The van der Waals surface area contributed by atoms with E-state index in [1.165, 1.54) is 18.9 Å². The summed E-state index contributed by atoms with van der Waals surface area (Å²) in [7, 11) is 0. The fourth-order valence-electron chi connectivity index (χ4n) is 2.07. The van der Waals surface area contributed by atoms with Crippen molar-refractivity contribution in [1.82, 2.24) is 0 Å². The molecule has 0 saturated heterocycles. The summed E-state index contributed by atoms with van der Waals surface area (Å²) in [5.74, 6) is 0.628. The van der Waals surface area contributed by atoms with Gasteiger partial charge in [0.15, 0.2) is 0 Å². The SMILES string of the molecule is Fc1cccc2c1NCC(C1CC1)N2. The maximum Gasteiger partial charge on any atom is 0.148 e. The molecule has 14 heavy (non-hydrogen) atoms. The molecule has 1 aromatic carbocycles. The van der Waals surface area contributed by atoms with E-state index >= 15 is 0 Å². The molecule has 1 aromatic rings. The maximum atomic E-state index is 13.3. The second-order valence-electron chi connectivity index (χ2n) is 4.13. The van der Waals surface area contributed by atoms with Crippen molar-refractivity contribution in [2.75, 3.05) is 17.2 Å². The van der Waals surface area contributed by atoms with Crippen LogP contribution in [0.1, 0.15) is 12.8 Å². The molecule has 1 unspecified atom stereocenters. The van der Waals surface area contributed by atoms with Crippen LogP contribution in [0.15, 0.2) is 18.2 Å². The normalized spacial score (nSPS) is 24.8. The van der Waals surface area contributed by atoms with E-state index in [0.29, 0.717) is 11.7 Å². The van der Waals surface area contributed by atoms with Crippen LogP contribution in [-0.2, 0) is 0 Å². The number of nitrogens with one attached hydrogen (secondary N) is 2. The number of para-hydroxylation sites is 1. The van der Waals surface area contributed by atoms with E-state index in [0.717, 1.165) is 18.2 Å². The lowest BCUT2D eigenvalue weighted by Crippen LogP contribution is -2.35. The van der Waals surface area contributed by atoms with Crippen molar-refractivity contribution in [2.24, 2.45) is 5.92 Å². The molecule has 0 bridgehead atoms. The molecule has 0 radical (unpaired) electrons. The van der Waals surface area contributed by atoms with E-state index in [1.807, 2.05) is 6.07 Å². The molecule has 1 saturated carbocycles. The van der Waals surface area contributed by atoms with Crippen molar-refractivity contribution < 1.29 is 4.39 Å². The van der Waals surface area contributed by atoms with Gasteiger partial charge < -0.3 is 10.6 Å². The predicted octanol–water partition coefficient (Wildman–Crippen LogP) is 2.44. The monoisotopic (exact) mass is 192 g/mol. The topological polar surface area (TPSA) is 24.1 Å². The van der Waals surface area contributed by atoms with Crippen LogP contribution in [-0.4, -0.2) is 12.6 Å². The van der Waals surface area contributed by atoms with Gasteiger partial charge >= 0.3 is 0 Å². The first-order valence-electron chi connectivity index (χ1n) is 5.13. The Hall–Kier alpha value is -1.25. The van der Waals surface area contributed by atoms with Crippen molar-refractivity contribution >= 4 is 11.4 Å². The Morgan fingerprint density at radius 3 is 2.93 bits per heavy atom. The van der Waals surface area contributed by atoms with Crippen LogP contribution >= 0.6 is 0 Å². The summed E-state index contributed by atoms with van der Waals surface area (Å²) < 4.78 is 13.3. The van der Waals surface area contributed by atoms with Crippen molar-refractivity contribution in [3.05, 3.63) is 24.0 Å². The number of rotatable bonds is 1. The molecule has 2 N–H and O–H groups in total. The van der Waals surface area contributed by atoms with Crippen LogP contribution in [0.4, 0.5) is 15.8 Å². The van der Waals surface area contributed by atoms with Gasteiger partial charge in [0.25, 0.3) is 0 Å². The lowest BCUT2D eigenvalue weighted by molar-refractivity contribution is 0.612. The molecule has 74 valence electrons. The molecule has 3 heteroatoms. The fourth-order valence-corrected chi connectivity index (χ4v) is 2.07. The minimum Gasteiger partial charge on any atom is -0.379 e. The molecule has 0 spiro atoms. The largest absolute Gasteiger partial charge is 0.379 e. The smallest absolute Gasteiger partial charge is 0.148 e. The molecule has 0 amide bonds. The van der Waals surface area contributed by atoms with E-state index < -0.39 is 0 Å². The molecular weight excluding hydrogens is 179 g/mol. The third kappa shape index (κ3) is 1.24. The minimum atomic E-state index is -0.163. The molecule has 1 atom stereocenters. The average Bonchev–Trinajstić information content (AvgIpc) is 3.01. The van der Waals surface area contributed by atoms with Gasteiger partial charge in [0.05, 0.1) is 11.4 Å². The summed E-state index contributed by atoms with van der Waals surface area (Å²) in [4.78, 5) is 0. The number of fused-ring (bicyclic) bond motifs is 1. The zero-order valence-corrected chi connectivity index (χ0v) is 7.89. The van der Waals surface area contributed by atoms with Crippen molar-refractivity contribution in [3.63, 3.8) is 0 Å². The van der Waals surface area contributed by atoms with Crippen molar-refractivity contribution in [3.8, 4) is 0 Å². The van der Waals surface area contributed by atoms with Gasteiger partial charge in [0.1, 0.15) is 5.82 Å². The number of halogens is 1. The number of hydrogen-bond donors (Lipinski definition) is 2. The number of benzene rings is 1. The van der Waals surface area contributed by atoms with E-state index in [9.17, 15) is 4.39 Å². The third-order valence-corrected chi connectivity index (χ3v) is 3.04. The van der Waals surface area contributed by atoms with Crippen molar-refractivity contribution in [1.29, 1.82) is 0 Å². The Bertz CT molecular complexity index is 360. The van der Waals surface area contributed by atoms with Gasteiger partial charge in [-0.3, -0.25) is 0 Å². The molecule has 1 fully saturated rings. The summed E-state index contributed by atoms with van der Waals surface area (Å²) in [6.07, 6.45) is 2.62. The van der Waals surface area contributed by atoms with Gasteiger partial charge in [0.2, 0.25) is 0 Å². The van der Waals surface area contributed by atoms with Gasteiger partial charge in [0, 0.05) is 12.6 Å². The van der Waals surface area contributed by atoms with Crippen molar-refractivity contribution in [2.45, 2.75) is 18.9 Å². The van der Waals surface area contributed by atoms with Gasteiger partial charge in [-0.05, 0) is 30.9 Å². The first-order chi connectivity index (χ1) is 6.84. The minimum absolute atomic E-state index is 0.163. The van der Waals surface area contributed by atoms with E-state index in [1.54, 1.807) is 6.07 Å². The quantitative estimate of drug-likeness (QED) is 0.714. The Kier molecular flexibility index (Phi) is 1.66. The molecular formula is C11H13FN2. The Labute approximate surface area is 82.5 Å². The van der Waals surface area contributed by atoms with Crippen LogP contribution in [0.2, 0.25) is 0 Å². The first-order valence-corrected chi connectivity index (χ1v) is 5.13. The summed E-state index contributed by atoms with van der Waals surface area (Å²) in [6.45, 7) is 0.846. The lowest BCUT2D eigenvalue weighted by Gasteiger charge is -2.28. The highest BCUT2D eigenvalue weighted by molar-refractivity contribution is 5.71. The van der Waals surface area contributed by atoms with Crippen LogP contribution < -0.4 is 10.6 Å². The zero-order chi connectivity index (χ0) is 9.54. The second-order valence-corrected chi connectivity index (χ2v) is 4.13. The first kappa shape index (κ1) is 8.09. The van der Waals surface area contributed by atoms with E-state index in [-0.39, 0.29) is 5.82 Å². The van der Waals surface area contributed by atoms with E-state index in [2.05, 4.69) is 10.6 Å². The molecule has 2 aliphatic rings. The third-order valence-electron chi connectivity index (χ3n) is 3.04. The van der Waals surface area contributed by atoms with Crippen LogP contribution in [0.5, 0.6) is 0 Å². The number of anilines is 2. The number of hydrogen-bond acceptors (Lipinski definition) is 2. The summed E-state index contributed by atoms with van der Waals surface area (Å²) >= 11 is 0. The van der Waals surface area contributed by atoms with Gasteiger partial charge in [-0.1, -0.05) is 6.07 Å². The molecule has 1 heterocycles. The molecule has 2 nitrogen and oxygen atoms in total. The standard InChI is InChI=1S/C11H13FN2/c12-8-2-1-3-9-11(8)13-6-10(14-9)7-4-5-7/h1-3,7,10,13-14H,4-6H2. The highest BCUT2D eigenvalue weighted by atomic mass is 19.1. The molecule has 1 aliphatic heterocycles. The second kappa shape index (κ2) is 2.87. The van der Waals surface area contributed by atoms with E-state index in [4.69, 9.17) is 0 Å². The Morgan fingerprint density at radius 2 is 2.14 bits per heavy atom. The van der Waals surface area contributed by atoms with Gasteiger partial charge in [-0.15, -0.1) is 0 Å². The Balaban J connectivity index is 1.90. The highest BCUT2D eigenvalue weighted by Gasteiger charge is 2.33. The molecule has 1 aliphatic carbocycles. The molecule has 3 rings (SSSR count). The van der Waals surface area contributed by atoms with Crippen LogP contribution in [0, 0.1) is 11.7 Å². The lowest BCUT2D eigenvalue weighted by atomic mass is 10.1. The van der Waals surface area contributed by atoms with Crippen LogP contribution in [0.3, 0.4) is 0 Å². The van der Waals surface area contributed by atoms with Gasteiger partial charge in [-0.2, -0.15) is 0 Å². The zero-order valence-electron chi connectivity index (χ0n) is 7.89.